The highest BCUT2D eigenvalue weighted by atomic mass is 16.5. The number of ether oxygens (including phenoxy) is 1. The summed E-state index contributed by atoms with van der Waals surface area (Å²) >= 11 is 0. The predicted molar refractivity (Wildman–Crippen MR) is 76.5 cm³/mol. The zero-order valence-electron chi connectivity index (χ0n) is 12.7. The Labute approximate surface area is 120 Å². The van der Waals surface area contributed by atoms with Crippen LogP contribution in [0.1, 0.15) is 39.4 Å². The summed E-state index contributed by atoms with van der Waals surface area (Å²) in [5.41, 5.74) is -0.340. The van der Waals surface area contributed by atoms with E-state index < -0.39 is 0 Å². The number of amides is 1. The lowest BCUT2D eigenvalue weighted by Gasteiger charge is -2.36. The molecule has 2 rings (SSSR count). The summed E-state index contributed by atoms with van der Waals surface area (Å²) in [7, 11) is 0. The van der Waals surface area contributed by atoms with Gasteiger partial charge in [0.1, 0.15) is 11.9 Å². The highest BCUT2D eigenvalue weighted by Crippen LogP contribution is 2.22. The van der Waals surface area contributed by atoms with Gasteiger partial charge in [-0.1, -0.05) is 20.8 Å². The Hall–Kier alpha value is -1.65. The zero-order valence-corrected chi connectivity index (χ0v) is 12.7. The van der Waals surface area contributed by atoms with Crippen molar-refractivity contribution in [2.24, 2.45) is 5.41 Å². The average Bonchev–Trinajstić information content (AvgIpc) is 2.37. The quantitative estimate of drug-likeness (QED) is 0.831. The summed E-state index contributed by atoms with van der Waals surface area (Å²) in [6.07, 6.45) is 3.64. The lowest BCUT2D eigenvalue weighted by Crippen LogP contribution is -2.48. The van der Waals surface area contributed by atoms with E-state index in [2.05, 4.69) is 9.97 Å². The van der Waals surface area contributed by atoms with Gasteiger partial charge in [0.15, 0.2) is 0 Å². The summed E-state index contributed by atoms with van der Waals surface area (Å²) in [5.74, 6) is 1.47. The molecule has 5 heteroatoms. The fraction of sp³-hybridized carbons (Fsp3) is 0.667. The molecule has 1 fully saturated rings. The number of likely N-dealkylation sites (tertiary alicyclic amines) is 1. The van der Waals surface area contributed by atoms with Crippen LogP contribution in [-0.4, -0.2) is 40.0 Å². The predicted octanol–water partition coefficient (Wildman–Crippen LogP) is 2.20. The standard InChI is InChI=1S/C15H23N3O2/c1-11-16-8-7-13(17-11)20-12-6-5-9-18(10-12)14(19)15(2,3)4/h7-8,12H,5-6,9-10H2,1-4H3/t12-/m1/s1. The van der Waals surface area contributed by atoms with Crippen LogP contribution in [0.25, 0.3) is 0 Å². The Kier molecular flexibility index (Phi) is 4.26. The van der Waals surface area contributed by atoms with Crippen LogP contribution in [0.5, 0.6) is 5.88 Å². The average molecular weight is 277 g/mol. The highest BCUT2D eigenvalue weighted by Gasteiger charge is 2.31. The van der Waals surface area contributed by atoms with Gasteiger partial charge in [-0.25, -0.2) is 4.98 Å². The smallest absolute Gasteiger partial charge is 0.228 e. The molecule has 5 nitrogen and oxygen atoms in total. The maximum Gasteiger partial charge on any atom is 0.228 e. The van der Waals surface area contributed by atoms with Crippen molar-refractivity contribution in [1.29, 1.82) is 0 Å². The summed E-state index contributed by atoms with van der Waals surface area (Å²) in [6, 6.07) is 1.76. The van der Waals surface area contributed by atoms with Gasteiger partial charge in [0.05, 0.1) is 6.54 Å². The molecule has 2 heterocycles. The number of aryl methyl sites for hydroxylation is 1. The minimum absolute atomic E-state index is 0.0179. The molecule has 1 saturated heterocycles. The molecule has 0 N–H and O–H groups in total. The molecule has 0 bridgehead atoms. The van der Waals surface area contributed by atoms with Crippen LogP contribution >= 0.6 is 0 Å². The van der Waals surface area contributed by atoms with Crippen LogP contribution in [0.2, 0.25) is 0 Å². The first kappa shape index (κ1) is 14.8. The molecule has 1 atom stereocenters. The second kappa shape index (κ2) is 5.77. The second-order valence-electron chi connectivity index (χ2n) is 6.33. The van der Waals surface area contributed by atoms with E-state index in [4.69, 9.17) is 4.74 Å². The third-order valence-corrected chi connectivity index (χ3v) is 3.34. The first-order valence-corrected chi connectivity index (χ1v) is 7.12. The molecule has 110 valence electrons. The van der Waals surface area contributed by atoms with Crippen molar-refractivity contribution >= 4 is 5.91 Å². The molecule has 1 aliphatic heterocycles. The van der Waals surface area contributed by atoms with E-state index in [-0.39, 0.29) is 17.4 Å². The van der Waals surface area contributed by atoms with Gasteiger partial charge in [0.2, 0.25) is 11.8 Å². The first-order chi connectivity index (χ1) is 9.36. The molecule has 0 unspecified atom stereocenters. The fourth-order valence-electron chi connectivity index (χ4n) is 2.36. The van der Waals surface area contributed by atoms with Crippen LogP contribution in [0.3, 0.4) is 0 Å². The first-order valence-electron chi connectivity index (χ1n) is 7.12. The molecule has 1 aliphatic rings. The molecule has 1 amide bonds. The van der Waals surface area contributed by atoms with E-state index in [0.717, 1.165) is 19.4 Å². The fourth-order valence-corrected chi connectivity index (χ4v) is 2.36. The van der Waals surface area contributed by atoms with Gasteiger partial charge in [-0.2, -0.15) is 4.98 Å². The van der Waals surface area contributed by atoms with Gasteiger partial charge in [-0.15, -0.1) is 0 Å². The van der Waals surface area contributed by atoms with Gasteiger partial charge in [-0.3, -0.25) is 4.79 Å². The van der Waals surface area contributed by atoms with E-state index in [1.165, 1.54) is 0 Å². The largest absolute Gasteiger partial charge is 0.472 e. The van der Waals surface area contributed by atoms with Gasteiger partial charge in [0, 0.05) is 24.2 Å². The Bertz CT molecular complexity index is 482. The normalized spacial score (nSPS) is 19.8. The Morgan fingerprint density at radius 1 is 1.45 bits per heavy atom. The summed E-state index contributed by atoms with van der Waals surface area (Å²) in [5, 5.41) is 0. The van der Waals surface area contributed by atoms with E-state index >= 15 is 0 Å². The van der Waals surface area contributed by atoms with Gasteiger partial charge in [0.25, 0.3) is 0 Å². The summed E-state index contributed by atoms with van der Waals surface area (Å²) in [6.45, 7) is 9.15. The number of piperidine rings is 1. The zero-order chi connectivity index (χ0) is 14.8. The van der Waals surface area contributed by atoms with Crippen molar-refractivity contribution in [3.63, 3.8) is 0 Å². The van der Waals surface area contributed by atoms with E-state index in [1.54, 1.807) is 12.3 Å². The van der Waals surface area contributed by atoms with Crippen LogP contribution in [-0.2, 0) is 4.79 Å². The molecule has 0 saturated carbocycles. The molecule has 0 radical (unpaired) electrons. The van der Waals surface area contributed by atoms with E-state index in [0.29, 0.717) is 18.2 Å². The Morgan fingerprint density at radius 3 is 2.85 bits per heavy atom. The number of aromatic nitrogens is 2. The van der Waals surface area contributed by atoms with Crippen LogP contribution < -0.4 is 4.74 Å². The highest BCUT2D eigenvalue weighted by molar-refractivity contribution is 5.81. The number of hydrogen-bond donors (Lipinski definition) is 0. The molecule has 0 spiro atoms. The molecular formula is C15H23N3O2. The van der Waals surface area contributed by atoms with Crippen molar-refractivity contribution in [2.45, 2.75) is 46.6 Å². The Balaban J connectivity index is 1.99. The molecule has 20 heavy (non-hydrogen) atoms. The van der Waals surface area contributed by atoms with Crippen molar-refractivity contribution in [3.05, 3.63) is 18.1 Å². The number of nitrogens with zero attached hydrogens (tertiary/aromatic N) is 3. The van der Waals surface area contributed by atoms with Crippen molar-refractivity contribution in [3.8, 4) is 5.88 Å². The van der Waals surface area contributed by atoms with Crippen molar-refractivity contribution in [2.75, 3.05) is 13.1 Å². The topological polar surface area (TPSA) is 55.3 Å². The van der Waals surface area contributed by atoms with Crippen molar-refractivity contribution in [1.82, 2.24) is 14.9 Å². The lowest BCUT2D eigenvalue weighted by atomic mass is 9.93. The molecule has 1 aromatic heterocycles. The maximum absolute atomic E-state index is 12.3. The summed E-state index contributed by atoms with van der Waals surface area (Å²) < 4.78 is 5.88. The van der Waals surface area contributed by atoms with Crippen LogP contribution in [0.4, 0.5) is 0 Å². The van der Waals surface area contributed by atoms with Crippen LogP contribution in [0, 0.1) is 12.3 Å². The van der Waals surface area contributed by atoms with Crippen molar-refractivity contribution < 1.29 is 9.53 Å². The van der Waals surface area contributed by atoms with Gasteiger partial charge >= 0.3 is 0 Å². The number of carbonyl (C=O) groups is 1. The van der Waals surface area contributed by atoms with Gasteiger partial charge < -0.3 is 9.64 Å². The number of rotatable bonds is 2. The third-order valence-electron chi connectivity index (χ3n) is 3.34. The number of carbonyl (C=O) groups excluding carboxylic acids is 1. The SMILES string of the molecule is Cc1nccc(O[C@@H]2CCCN(C(=O)C(C)(C)C)C2)n1. The Morgan fingerprint density at radius 2 is 2.20 bits per heavy atom. The molecular weight excluding hydrogens is 254 g/mol. The van der Waals surface area contributed by atoms with E-state index in [9.17, 15) is 4.79 Å². The number of hydrogen-bond acceptors (Lipinski definition) is 4. The second-order valence-corrected chi connectivity index (χ2v) is 6.33. The van der Waals surface area contributed by atoms with Gasteiger partial charge in [-0.05, 0) is 19.8 Å². The summed E-state index contributed by atoms with van der Waals surface area (Å²) in [4.78, 5) is 22.5. The maximum atomic E-state index is 12.3. The lowest BCUT2D eigenvalue weighted by molar-refractivity contribution is -0.142. The monoisotopic (exact) mass is 277 g/mol. The minimum Gasteiger partial charge on any atom is -0.472 e. The van der Waals surface area contributed by atoms with Crippen LogP contribution in [0.15, 0.2) is 12.3 Å². The molecule has 0 aliphatic carbocycles. The third kappa shape index (κ3) is 3.68. The minimum atomic E-state index is -0.340. The molecule has 1 aromatic rings. The molecule has 0 aromatic carbocycles. The van der Waals surface area contributed by atoms with E-state index in [1.807, 2.05) is 32.6 Å².